The highest BCUT2D eigenvalue weighted by molar-refractivity contribution is 5.86. The van der Waals surface area contributed by atoms with E-state index in [9.17, 15) is 4.79 Å². The van der Waals surface area contributed by atoms with E-state index in [4.69, 9.17) is 0 Å². The Balaban J connectivity index is 1.86. The fourth-order valence-electron chi connectivity index (χ4n) is 3.24. The molecule has 0 aromatic carbocycles. The number of Topliss-reactive ketones (excluding diaryl/α,β-unsaturated/α-hetero) is 1. The molecule has 3 unspecified atom stereocenters. The summed E-state index contributed by atoms with van der Waals surface area (Å²) < 4.78 is 0. The van der Waals surface area contributed by atoms with E-state index in [1.54, 1.807) is 0 Å². The SMILES string of the molecule is C=C(CC)CC(=O)C1CCC2CCCCC2N1. The minimum absolute atomic E-state index is 0.109. The quantitative estimate of drug-likeness (QED) is 0.758. The number of piperidine rings is 1. The Morgan fingerprint density at radius 3 is 2.76 bits per heavy atom. The van der Waals surface area contributed by atoms with Gasteiger partial charge in [-0.05, 0) is 38.0 Å². The lowest BCUT2D eigenvalue weighted by atomic mass is 9.77. The van der Waals surface area contributed by atoms with E-state index in [2.05, 4.69) is 18.8 Å². The Morgan fingerprint density at radius 2 is 2.00 bits per heavy atom. The second-order valence-electron chi connectivity index (χ2n) is 5.69. The van der Waals surface area contributed by atoms with E-state index in [0.717, 1.165) is 24.3 Å². The molecule has 0 aromatic rings. The van der Waals surface area contributed by atoms with Crippen LogP contribution in [0.4, 0.5) is 0 Å². The van der Waals surface area contributed by atoms with Gasteiger partial charge >= 0.3 is 0 Å². The maximum atomic E-state index is 12.1. The zero-order valence-electron chi connectivity index (χ0n) is 11.0. The number of hydrogen-bond donors (Lipinski definition) is 1. The average Bonchev–Trinajstić information content (AvgIpc) is 2.38. The van der Waals surface area contributed by atoms with Gasteiger partial charge in [-0.25, -0.2) is 0 Å². The lowest BCUT2D eigenvalue weighted by Gasteiger charge is -2.40. The normalized spacial score (nSPS) is 32.9. The van der Waals surface area contributed by atoms with Gasteiger partial charge in [0, 0.05) is 12.5 Å². The predicted molar refractivity (Wildman–Crippen MR) is 71.0 cm³/mol. The summed E-state index contributed by atoms with van der Waals surface area (Å²) in [7, 11) is 0. The van der Waals surface area contributed by atoms with Gasteiger partial charge in [0.25, 0.3) is 0 Å². The van der Waals surface area contributed by atoms with Crippen LogP contribution in [0.2, 0.25) is 0 Å². The van der Waals surface area contributed by atoms with Crippen molar-refractivity contribution in [2.75, 3.05) is 0 Å². The molecule has 1 heterocycles. The van der Waals surface area contributed by atoms with Crippen molar-refractivity contribution in [1.29, 1.82) is 0 Å². The van der Waals surface area contributed by atoms with E-state index in [0.29, 0.717) is 18.2 Å². The van der Waals surface area contributed by atoms with Crippen molar-refractivity contribution in [2.45, 2.75) is 70.4 Å². The summed E-state index contributed by atoms with van der Waals surface area (Å²) in [4.78, 5) is 12.1. The maximum absolute atomic E-state index is 12.1. The van der Waals surface area contributed by atoms with Gasteiger partial charge in [0.1, 0.15) is 0 Å². The maximum Gasteiger partial charge on any atom is 0.153 e. The van der Waals surface area contributed by atoms with Crippen LogP contribution in [0.15, 0.2) is 12.2 Å². The first kappa shape index (κ1) is 12.8. The molecule has 0 amide bonds. The molecule has 1 saturated heterocycles. The number of fused-ring (bicyclic) bond motifs is 1. The van der Waals surface area contributed by atoms with Crippen molar-refractivity contribution in [1.82, 2.24) is 5.32 Å². The van der Waals surface area contributed by atoms with Gasteiger partial charge in [-0.2, -0.15) is 0 Å². The van der Waals surface area contributed by atoms with Crippen LogP contribution in [-0.2, 0) is 4.79 Å². The van der Waals surface area contributed by atoms with Crippen LogP contribution >= 0.6 is 0 Å². The topological polar surface area (TPSA) is 29.1 Å². The minimum Gasteiger partial charge on any atom is -0.304 e. The molecule has 17 heavy (non-hydrogen) atoms. The Morgan fingerprint density at radius 1 is 1.24 bits per heavy atom. The van der Waals surface area contributed by atoms with E-state index in [1.807, 2.05) is 0 Å². The third-order valence-electron chi connectivity index (χ3n) is 4.46. The molecule has 96 valence electrons. The van der Waals surface area contributed by atoms with Crippen LogP contribution in [0.3, 0.4) is 0 Å². The van der Waals surface area contributed by atoms with Crippen LogP contribution in [0.5, 0.6) is 0 Å². The van der Waals surface area contributed by atoms with Gasteiger partial charge in [-0.3, -0.25) is 4.79 Å². The first-order valence-corrected chi connectivity index (χ1v) is 7.16. The second-order valence-corrected chi connectivity index (χ2v) is 5.69. The highest BCUT2D eigenvalue weighted by Crippen LogP contribution is 2.32. The number of rotatable bonds is 4. The Labute approximate surface area is 105 Å². The summed E-state index contributed by atoms with van der Waals surface area (Å²) in [5.41, 5.74) is 1.07. The summed E-state index contributed by atoms with van der Waals surface area (Å²) >= 11 is 0. The van der Waals surface area contributed by atoms with Crippen LogP contribution in [0.25, 0.3) is 0 Å². The van der Waals surface area contributed by atoms with E-state index >= 15 is 0 Å². The Bertz CT molecular complexity index is 297. The number of carbonyl (C=O) groups excluding carboxylic acids is 1. The smallest absolute Gasteiger partial charge is 0.153 e. The molecule has 2 nitrogen and oxygen atoms in total. The summed E-state index contributed by atoms with van der Waals surface area (Å²) in [6.45, 7) is 6.01. The van der Waals surface area contributed by atoms with Crippen molar-refractivity contribution in [3.63, 3.8) is 0 Å². The predicted octanol–water partition coefficient (Wildman–Crippen LogP) is 3.22. The van der Waals surface area contributed by atoms with Gasteiger partial charge in [-0.1, -0.05) is 31.9 Å². The lowest BCUT2D eigenvalue weighted by Crippen LogP contribution is -2.52. The first-order chi connectivity index (χ1) is 8.20. The molecule has 2 heteroatoms. The van der Waals surface area contributed by atoms with Gasteiger partial charge < -0.3 is 5.32 Å². The highest BCUT2D eigenvalue weighted by Gasteiger charge is 2.33. The standard InChI is InChI=1S/C15H25NO/c1-3-11(2)10-15(17)14-9-8-12-6-4-5-7-13(12)16-14/h12-14,16H,2-10H2,1H3. The van der Waals surface area contributed by atoms with Crippen molar-refractivity contribution in [3.8, 4) is 0 Å². The Kier molecular flexibility index (Phi) is 4.38. The summed E-state index contributed by atoms with van der Waals surface area (Å²) in [5.74, 6) is 1.20. The van der Waals surface area contributed by atoms with Crippen LogP contribution < -0.4 is 5.32 Å². The molecule has 0 radical (unpaired) electrons. The average molecular weight is 235 g/mol. The largest absolute Gasteiger partial charge is 0.304 e. The molecule has 3 atom stereocenters. The van der Waals surface area contributed by atoms with E-state index < -0.39 is 0 Å². The molecular weight excluding hydrogens is 210 g/mol. The molecule has 1 aliphatic heterocycles. The molecule has 0 spiro atoms. The van der Waals surface area contributed by atoms with Crippen molar-refractivity contribution in [3.05, 3.63) is 12.2 Å². The minimum atomic E-state index is 0.109. The van der Waals surface area contributed by atoms with Crippen LogP contribution in [0, 0.1) is 5.92 Å². The van der Waals surface area contributed by atoms with Gasteiger partial charge in [0.05, 0.1) is 6.04 Å². The third kappa shape index (κ3) is 3.19. The molecule has 1 saturated carbocycles. The van der Waals surface area contributed by atoms with Crippen molar-refractivity contribution < 1.29 is 4.79 Å². The third-order valence-corrected chi connectivity index (χ3v) is 4.46. The Hall–Kier alpha value is -0.630. The lowest BCUT2D eigenvalue weighted by molar-refractivity contribution is -0.121. The number of hydrogen-bond acceptors (Lipinski definition) is 2. The van der Waals surface area contributed by atoms with E-state index in [-0.39, 0.29) is 6.04 Å². The molecule has 0 aromatic heterocycles. The molecule has 0 bridgehead atoms. The number of nitrogens with one attached hydrogen (secondary N) is 1. The van der Waals surface area contributed by atoms with E-state index in [1.165, 1.54) is 32.1 Å². The van der Waals surface area contributed by atoms with Crippen molar-refractivity contribution in [2.24, 2.45) is 5.92 Å². The molecule has 2 rings (SSSR count). The summed E-state index contributed by atoms with van der Waals surface area (Å²) in [6, 6.07) is 0.721. The molecule has 2 fully saturated rings. The summed E-state index contributed by atoms with van der Waals surface area (Å²) in [6.07, 6.45) is 9.12. The zero-order chi connectivity index (χ0) is 12.3. The molecule has 2 aliphatic rings. The zero-order valence-corrected chi connectivity index (χ0v) is 11.0. The molecular formula is C15H25NO. The number of allylic oxidation sites excluding steroid dienone is 1. The van der Waals surface area contributed by atoms with Crippen LogP contribution in [-0.4, -0.2) is 17.9 Å². The molecule has 1 N–H and O–H groups in total. The number of carbonyl (C=O) groups is 1. The van der Waals surface area contributed by atoms with Gasteiger partial charge in [0.15, 0.2) is 5.78 Å². The fraction of sp³-hybridized carbons (Fsp3) is 0.800. The monoisotopic (exact) mass is 235 g/mol. The second kappa shape index (κ2) is 5.81. The first-order valence-electron chi connectivity index (χ1n) is 7.16. The van der Waals surface area contributed by atoms with Crippen molar-refractivity contribution >= 4 is 5.78 Å². The van der Waals surface area contributed by atoms with Gasteiger partial charge in [-0.15, -0.1) is 0 Å². The fourth-order valence-corrected chi connectivity index (χ4v) is 3.24. The van der Waals surface area contributed by atoms with Crippen LogP contribution in [0.1, 0.15) is 58.3 Å². The summed E-state index contributed by atoms with van der Waals surface area (Å²) in [5, 5.41) is 3.59. The van der Waals surface area contributed by atoms with Gasteiger partial charge in [0.2, 0.25) is 0 Å². The molecule has 1 aliphatic carbocycles. The highest BCUT2D eigenvalue weighted by atomic mass is 16.1. The number of ketones is 1.